The summed E-state index contributed by atoms with van der Waals surface area (Å²) in [6.45, 7) is 5.86. The quantitative estimate of drug-likeness (QED) is 0.607. The normalized spacial score (nSPS) is 15.8. The van der Waals surface area contributed by atoms with Gasteiger partial charge in [0.05, 0.1) is 5.56 Å². The van der Waals surface area contributed by atoms with Crippen LogP contribution in [0.25, 0.3) is 0 Å². The van der Waals surface area contributed by atoms with Crippen LogP contribution in [-0.2, 0) is 14.9 Å². The molecule has 0 saturated heterocycles. The van der Waals surface area contributed by atoms with Gasteiger partial charge in [-0.15, -0.1) is 0 Å². The summed E-state index contributed by atoms with van der Waals surface area (Å²) in [5, 5.41) is 2.77. The minimum absolute atomic E-state index is 0.187. The summed E-state index contributed by atoms with van der Waals surface area (Å²) in [5.74, 6) is -0.288. The van der Waals surface area contributed by atoms with Crippen LogP contribution in [0.4, 0.5) is 10.5 Å². The molecule has 1 aliphatic carbocycles. The molecule has 0 aliphatic heterocycles. The van der Waals surface area contributed by atoms with E-state index in [1.807, 2.05) is 63.2 Å². The van der Waals surface area contributed by atoms with Gasteiger partial charge in [0.1, 0.15) is 12.2 Å². The van der Waals surface area contributed by atoms with Crippen LogP contribution in [0, 0.1) is 0 Å². The fraction of sp³-hybridized carbons (Fsp3) is 0.440. The first kappa shape index (κ1) is 21.9. The molecule has 0 bridgehead atoms. The van der Waals surface area contributed by atoms with Gasteiger partial charge in [-0.25, -0.2) is 9.59 Å². The number of carbonyl (C=O) groups is 2. The highest BCUT2D eigenvalue weighted by molar-refractivity contribution is 5.89. The van der Waals surface area contributed by atoms with E-state index in [0.29, 0.717) is 17.9 Å². The number of nitrogens with one attached hydrogen (secondary N) is 1. The largest absolute Gasteiger partial charge is 0.461 e. The Balaban J connectivity index is 1.70. The van der Waals surface area contributed by atoms with Gasteiger partial charge >= 0.3 is 12.1 Å². The van der Waals surface area contributed by atoms with E-state index in [1.165, 1.54) is 6.42 Å². The fourth-order valence-electron chi connectivity index (χ4n) is 3.93. The van der Waals surface area contributed by atoms with E-state index >= 15 is 0 Å². The molecule has 5 nitrogen and oxygen atoms in total. The number of amides is 1. The van der Waals surface area contributed by atoms with Crippen LogP contribution in [-0.4, -0.2) is 24.3 Å². The Hall–Kier alpha value is -2.82. The summed E-state index contributed by atoms with van der Waals surface area (Å²) in [6.07, 6.45) is 4.91. The van der Waals surface area contributed by atoms with E-state index in [1.54, 1.807) is 12.1 Å². The Morgan fingerprint density at radius 2 is 1.57 bits per heavy atom. The molecule has 1 aliphatic rings. The van der Waals surface area contributed by atoms with Crippen molar-refractivity contribution in [1.82, 2.24) is 0 Å². The molecule has 0 heterocycles. The first-order chi connectivity index (χ1) is 14.3. The van der Waals surface area contributed by atoms with Gasteiger partial charge in [0.15, 0.2) is 0 Å². The summed E-state index contributed by atoms with van der Waals surface area (Å²) < 4.78 is 11.1. The zero-order chi connectivity index (χ0) is 21.6. The zero-order valence-corrected chi connectivity index (χ0v) is 18.1. The molecule has 5 heteroatoms. The van der Waals surface area contributed by atoms with E-state index in [2.05, 4.69) is 5.32 Å². The van der Waals surface area contributed by atoms with Crippen LogP contribution in [0.15, 0.2) is 54.6 Å². The molecule has 2 aromatic rings. The summed E-state index contributed by atoms with van der Waals surface area (Å²) in [4.78, 5) is 24.5. The molecule has 1 N–H and O–H groups in total. The Labute approximate surface area is 178 Å². The minimum atomic E-state index is -0.543. The lowest BCUT2D eigenvalue weighted by Crippen LogP contribution is -2.35. The fourth-order valence-corrected chi connectivity index (χ4v) is 3.93. The Kier molecular flexibility index (Phi) is 6.80. The minimum Gasteiger partial charge on any atom is -0.461 e. The van der Waals surface area contributed by atoms with Crippen LogP contribution in [0.2, 0.25) is 0 Å². The van der Waals surface area contributed by atoms with Gasteiger partial charge in [-0.1, -0.05) is 49.6 Å². The lowest BCUT2D eigenvalue weighted by molar-refractivity contribution is 0.0352. The van der Waals surface area contributed by atoms with Crippen molar-refractivity contribution in [3.05, 3.63) is 65.7 Å². The standard InChI is InChI=1S/C25H31NO4/c1-24(2,3)30-23(28)26-21-14-12-20(13-15-21)25(16-8-5-9-17-25)18-29-22(27)19-10-6-4-7-11-19/h4,6-7,10-15H,5,8-9,16-18H2,1-3H3,(H,26,28). The topological polar surface area (TPSA) is 64.6 Å². The molecule has 160 valence electrons. The number of hydrogen-bond donors (Lipinski definition) is 1. The molecule has 0 unspecified atom stereocenters. The average molecular weight is 410 g/mol. The first-order valence-corrected chi connectivity index (χ1v) is 10.6. The van der Waals surface area contributed by atoms with Crippen molar-refractivity contribution in [2.45, 2.75) is 63.9 Å². The number of anilines is 1. The lowest BCUT2D eigenvalue weighted by Gasteiger charge is -2.37. The highest BCUT2D eigenvalue weighted by Gasteiger charge is 2.35. The van der Waals surface area contributed by atoms with Crippen LogP contribution < -0.4 is 5.32 Å². The van der Waals surface area contributed by atoms with Crippen LogP contribution in [0.1, 0.15) is 68.8 Å². The van der Waals surface area contributed by atoms with Crippen LogP contribution >= 0.6 is 0 Å². The van der Waals surface area contributed by atoms with Crippen molar-refractivity contribution in [3.8, 4) is 0 Å². The van der Waals surface area contributed by atoms with Gasteiger partial charge in [0.2, 0.25) is 0 Å². The van der Waals surface area contributed by atoms with E-state index in [-0.39, 0.29) is 11.4 Å². The molecule has 30 heavy (non-hydrogen) atoms. The monoisotopic (exact) mass is 409 g/mol. The molecule has 0 radical (unpaired) electrons. The van der Waals surface area contributed by atoms with Gasteiger partial charge in [-0.3, -0.25) is 5.32 Å². The molecule has 2 aromatic carbocycles. The molecule has 1 fully saturated rings. The SMILES string of the molecule is CC(C)(C)OC(=O)Nc1ccc(C2(COC(=O)c3ccccc3)CCCCC2)cc1. The van der Waals surface area contributed by atoms with Crippen LogP contribution in [0.3, 0.4) is 0 Å². The number of carbonyl (C=O) groups excluding carboxylic acids is 2. The average Bonchev–Trinajstić information content (AvgIpc) is 2.72. The highest BCUT2D eigenvalue weighted by Crippen LogP contribution is 2.40. The third-order valence-corrected chi connectivity index (χ3v) is 5.44. The maximum absolute atomic E-state index is 12.5. The lowest BCUT2D eigenvalue weighted by atomic mass is 9.70. The van der Waals surface area contributed by atoms with Crippen molar-refractivity contribution in [1.29, 1.82) is 0 Å². The summed E-state index contributed by atoms with van der Waals surface area (Å²) >= 11 is 0. The summed E-state index contributed by atoms with van der Waals surface area (Å²) in [7, 11) is 0. The summed E-state index contributed by atoms with van der Waals surface area (Å²) in [5.41, 5.74) is 1.66. The summed E-state index contributed by atoms with van der Waals surface area (Å²) in [6, 6.07) is 16.9. The van der Waals surface area contributed by atoms with Crippen LogP contribution in [0.5, 0.6) is 0 Å². The number of benzene rings is 2. The molecule has 0 atom stereocenters. The number of esters is 1. The van der Waals surface area contributed by atoms with Gasteiger partial charge in [-0.05, 0) is 63.4 Å². The van der Waals surface area contributed by atoms with Crippen molar-refractivity contribution >= 4 is 17.7 Å². The van der Waals surface area contributed by atoms with Crippen molar-refractivity contribution in [3.63, 3.8) is 0 Å². The second kappa shape index (κ2) is 9.33. The predicted molar refractivity (Wildman–Crippen MR) is 118 cm³/mol. The molecule has 0 aromatic heterocycles. The molecule has 3 rings (SSSR count). The second-order valence-corrected chi connectivity index (χ2v) is 8.99. The molecule has 1 saturated carbocycles. The second-order valence-electron chi connectivity index (χ2n) is 8.99. The molecular weight excluding hydrogens is 378 g/mol. The maximum atomic E-state index is 12.5. The third-order valence-electron chi connectivity index (χ3n) is 5.44. The van der Waals surface area contributed by atoms with Gasteiger partial charge in [-0.2, -0.15) is 0 Å². The van der Waals surface area contributed by atoms with E-state index < -0.39 is 11.7 Å². The van der Waals surface area contributed by atoms with Gasteiger partial charge in [0.25, 0.3) is 0 Å². The van der Waals surface area contributed by atoms with Crippen molar-refractivity contribution in [2.75, 3.05) is 11.9 Å². The van der Waals surface area contributed by atoms with E-state index in [9.17, 15) is 9.59 Å². The van der Waals surface area contributed by atoms with E-state index in [4.69, 9.17) is 9.47 Å². The number of rotatable bonds is 5. The highest BCUT2D eigenvalue weighted by atomic mass is 16.6. The first-order valence-electron chi connectivity index (χ1n) is 10.6. The molecular formula is C25H31NO4. The van der Waals surface area contributed by atoms with Gasteiger partial charge in [0, 0.05) is 11.1 Å². The zero-order valence-electron chi connectivity index (χ0n) is 18.1. The Morgan fingerprint density at radius 1 is 0.933 bits per heavy atom. The van der Waals surface area contributed by atoms with Crippen molar-refractivity contribution in [2.24, 2.45) is 0 Å². The third kappa shape index (κ3) is 5.85. The maximum Gasteiger partial charge on any atom is 0.412 e. The smallest absolute Gasteiger partial charge is 0.412 e. The molecule has 0 spiro atoms. The predicted octanol–water partition coefficient (Wildman–Crippen LogP) is 6.09. The van der Waals surface area contributed by atoms with E-state index in [0.717, 1.165) is 31.2 Å². The Bertz CT molecular complexity index is 847. The number of ether oxygens (including phenoxy) is 2. The van der Waals surface area contributed by atoms with Crippen molar-refractivity contribution < 1.29 is 19.1 Å². The molecule has 1 amide bonds. The van der Waals surface area contributed by atoms with Gasteiger partial charge < -0.3 is 9.47 Å². The number of hydrogen-bond acceptors (Lipinski definition) is 4. The Morgan fingerprint density at radius 3 is 2.17 bits per heavy atom.